The molecule has 0 amide bonds. The monoisotopic (exact) mass is 393 g/mol. The normalized spacial score (nSPS) is 10.9. The van der Waals surface area contributed by atoms with E-state index in [1.165, 1.54) is 33.4 Å². The number of rotatable bonds is 3. The van der Waals surface area contributed by atoms with Gasteiger partial charge in [0.1, 0.15) is 0 Å². The Labute approximate surface area is 178 Å². The molecule has 3 heteroatoms. The number of anilines is 3. The topological polar surface area (TPSA) is 78.1 Å². The lowest BCUT2D eigenvalue weighted by molar-refractivity contribution is 1.32. The van der Waals surface area contributed by atoms with Crippen LogP contribution in [0.1, 0.15) is 16.7 Å². The Morgan fingerprint density at radius 3 is 0.767 bits per heavy atom. The van der Waals surface area contributed by atoms with Gasteiger partial charge in [-0.2, -0.15) is 0 Å². The Morgan fingerprint density at radius 1 is 0.367 bits per heavy atom. The highest BCUT2D eigenvalue weighted by Gasteiger charge is 2.20. The number of hydrogen-bond acceptors (Lipinski definition) is 3. The number of nitrogen functional groups attached to an aromatic ring is 3. The second kappa shape index (κ2) is 7.60. The summed E-state index contributed by atoms with van der Waals surface area (Å²) in [6.45, 7) is 6.60. The summed E-state index contributed by atoms with van der Waals surface area (Å²) < 4.78 is 0. The lowest BCUT2D eigenvalue weighted by atomic mass is 9.81. The molecule has 0 bridgehead atoms. The van der Waals surface area contributed by atoms with Crippen molar-refractivity contribution in [2.45, 2.75) is 20.8 Å². The minimum absolute atomic E-state index is 0.763. The summed E-state index contributed by atoms with van der Waals surface area (Å²) in [6, 6.07) is 24.3. The molecule has 0 unspecified atom stereocenters. The maximum Gasteiger partial charge on any atom is 0.0314 e. The van der Waals surface area contributed by atoms with E-state index in [9.17, 15) is 0 Å². The van der Waals surface area contributed by atoms with E-state index in [-0.39, 0.29) is 0 Å². The fourth-order valence-corrected chi connectivity index (χ4v) is 4.47. The molecular weight excluding hydrogens is 366 g/mol. The van der Waals surface area contributed by atoms with Crippen molar-refractivity contribution in [2.24, 2.45) is 0 Å². The average Bonchev–Trinajstić information content (AvgIpc) is 2.72. The molecule has 0 saturated heterocycles. The van der Waals surface area contributed by atoms with E-state index in [0.29, 0.717) is 0 Å². The van der Waals surface area contributed by atoms with Gasteiger partial charge < -0.3 is 17.2 Å². The van der Waals surface area contributed by atoms with Gasteiger partial charge in [0.05, 0.1) is 0 Å². The molecule has 0 heterocycles. The molecule has 4 aromatic carbocycles. The molecule has 3 nitrogen and oxygen atoms in total. The van der Waals surface area contributed by atoms with Crippen molar-refractivity contribution in [3.05, 3.63) is 89.5 Å². The highest BCUT2D eigenvalue weighted by molar-refractivity contribution is 5.91. The summed E-state index contributed by atoms with van der Waals surface area (Å²) in [7, 11) is 0. The SMILES string of the molecule is Cc1c(-c2ccc(N)cc2)c(C)c(-c2ccc(N)cc2)c(C)c1-c1ccc(N)cc1. The zero-order valence-corrected chi connectivity index (χ0v) is 17.7. The van der Waals surface area contributed by atoms with Gasteiger partial charge >= 0.3 is 0 Å². The molecule has 0 radical (unpaired) electrons. The van der Waals surface area contributed by atoms with Crippen molar-refractivity contribution in [3.8, 4) is 33.4 Å². The first-order valence-corrected chi connectivity index (χ1v) is 10.1. The van der Waals surface area contributed by atoms with Crippen LogP contribution in [0.15, 0.2) is 72.8 Å². The Bertz CT molecular complexity index is 1030. The molecule has 0 aliphatic heterocycles. The first-order chi connectivity index (χ1) is 14.4. The van der Waals surface area contributed by atoms with Crippen LogP contribution in [0, 0.1) is 20.8 Å². The van der Waals surface area contributed by atoms with E-state index in [4.69, 9.17) is 17.2 Å². The fraction of sp³-hybridized carbons (Fsp3) is 0.111. The molecule has 0 aromatic heterocycles. The summed E-state index contributed by atoms with van der Waals surface area (Å²) in [5.41, 5.74) is 31.1. The third-order valence-corrected chi connectivity index (χ3v) is 5.85. The summed E-state index contributed by atoms with van der Waals surface area (Å²) in [5, 5.41) is 0. The molecule has 0 atom stereocenters. The zero-order valence-electron chi connectivity index (χ0n) is 17.7. The molecule has 4 aromatic rings. The summed E-state index contributed by atoms with van der Waals surface area (Å²) >= 11 is 0. The van der Waals surface area contributed by atoms with Crippen LogP contribution in [-0.4, -0.2) is 0 Å². The van der Waals surface area contributed by atoms with E-state index >= 15 is 0 Å². The van der Waals surface area contributed by atoms with Gasteiger partial charge in [-0.15, -0.1) is 0 Å². The van der Waals surface area contributed by atoms with Gasteiger partial charge in [-0.25, -0.2) is 0 Å². The van der Waals surface area contributed by atoms with Gasteiger partial charge in [0, 0.05) is 17.1 Å². The third kappa shape index (κ3) is 3.39. The summed E-state index contributed by atoms with van der Waals surface area (Å²) in [4.78, 5) is 0. The van der Waals surface area contributed by atoms with Gasteiger partial charge in [-0.3, -0.25) is 0 Å². The average molecular weight is 394 g/mol. The Morgan fingerprint density at radius 2 is 0.567 bits per heavy atom. The maximum atomic E-state index is 5.95. The molecule has 150 valence electrons. The fourth-order valence-electron chi connectivity index (χ4n) is 4.47. The number of hydrogen-bond donors (Lipinski definition) is 3. The van der Waals surface area contributed by atoms with Crippen LogP contribution < -0.4 is 17.2 Å². The molecule has 6 N–H and O–H groups in total. The Kier molecular flexibility index (Phi) is 4.96. The molecule has 0 fully saturated rings. The van der Waals surface area contributed by atoms with Crippen LogP contribution >= 0.6 is 0 Å². The first-order valence-electron chi connectivity index (χ1n) is 10.1. The smallest absolute Gasteiger partial charge is 0.0314 e. The second-order valence-corrected chi connectivity index (χ2v) is 7.87. The van der Waals surface area contributed by atoms with Crippen LogP contribution in [0.4, 0.5) is 17.1 Å². The first kappa shape index (κ1) is 19.6. The van der Waals surface area contributed by atoms with E-state index in [2.05, 4.69) is 57.2 Å². The Hall–Kier alpha value is -3.72. The lowest BCUT2D eigenvalue weighted by Crippen LogP contribution is -2.01. The lowest BCUT2D eigenvalue weighted by Gasteiger charge is -2.23. The number of benzene rings is 4. The van der Waals surface area contributed by atoms with E-state index in [1.54, 1.807) is 0 Å². The maximum absolute atomic E-state index is 5.95. The van der Waals surface area contributed by atoms with Gasteiger partial charge in [0.2, 0.25) is 0 Å². The molecule has 0 aliphatic carbocycles. The molecular formula is C27H27N3. The minimum atomic E-state index is 0.763. The third-order valence-electron chi connectivity index (χ3n) is 5.85. The van der Waals surface area contributed by atoms with Crippen LogP contribution in [0.5, 0.6) is 0 Å². The van der Waals surface area contributed by atoms with Crippen molar-refractivity contribution < 1.29 is 0 Å². The van der Waals surface area contributed by atoms with Gasteiger partial charge in [0.15, 0.2) is 0 Å². The second-order valence-electron chi connectivity index (χ2n) is 7.87. The quantitative estimate of drug-likeness (QED) is 0.354. The van der Waals surface area contributed by atoms with Crippen molar-refractivity contribution >= 4 is 17.1 Å². The molecule has 0 aliphatic rings. The molecule has 0 saturated carbocycles. The predicted octanol–water partition coefficient (Wildman–Crippen LogP) is 6.36. The molecule has 4 rings (SSSR count). The van der Waals surface area contributed by atoms with Gasteiger partial charge in [-0.1, -0.05) is 36.4 Å². The van der Waals surface area contributed by atoms with Gasteiger partial charge in [0.25, 0.3) is 0 Å². The zero-order chi connectivity index (χ0) is 21.4. The number of nitrogens with two attached hydrogens (primary N) is 3. The summed E-state index contributed by atoms with van der Waals surface area (Å²) in [6.07, 6.45) is 0. The van der Waals surface area contributed by atoms with Crippen LogP contribution in [-0.2, 0) is 0 Å². The van der Waals surface area contributed by atoms with E-state index < -0.39 is 0 Å². The summed E-state index contributed by atoms with van der Waals surface area (Å²) in [5.74, 6) is 0. The molecule has 0 spiro atoms. The van der Waals surface area contributed by atoms with E-state index in [0.717, 1.165) is 33.8 Å². The minimum Gasteiger partial charge on any atom is -0.399 e. The molecule has 30 heavy (non-hydrogen) atoms. The highest BCUT2D eigenvalue weighted by atomic mass is 14.5. The standard InChI is InChI=1S/C27H27N3/c1-16-25(19-4-10-22(28)11-5-19)17(2)27(21-8-14-24(30)15-9-21)18(3)26(16)20-6-12-23(29)13-7-20/h4-15H,28-30H2,1-3H3. The van der Waals surface area contributed by atoms with Crippen LogP contribution in [0.2, 0.25) is 0 Å². The van der Waals surface area contributed by atoms with Crippen molar-refractivity contribution in [3.63, 3.8) is 0 Å². The van der Waals surface area contributed by atoms with E-state index in [1.807, 2.05) is 36.4 Å². The van der Waals surface area contributed by atoms with Crippen LogP contribution in [0.25, 0.3) is 33.4 Å². The van der Waals surface area contributed by atoms with Crippen molar-refractivity contribution in [2.75, 3.05) is 17.2 Å². The van der Waals surface area contributed by atoms with Crippen molar-refractivity contribution in [1.82, 2.24) is 0 Å². The van der Waals surface area contributed by atoms with Crippen molar-refractivity contribution in [1.29, 1.82) is 0 Å². The Balaban J connectivity index is 2.08. The van der Waals surface area contributed by atoms with Gasteiger partial charge in [-0.05, 0) is 107 Å². The highest BCUT2D eigenvalue weighted by Crippen LogP contribution is 2.44. The largest absolute Gasteiger partial charge is 0.399 e. The predicted molar refractivity (Wildman–Crippen MR) is 130 cm³/mol. The van der Waals surface area contributed by atoms with Crippen LogP contribution in [0.3, 0.4) is 0 Å².